The molecule has 1 N–H and O–H groups in total. The summed E-state index contributed by atoms with van der Waals surface area (Å²) in [6.07, 6.45) is 9.26. The van der Waals surface area contributed by atoms with Crippen molar-refractivity contribution in [2.24, 2.45) is 10.2 Å². The highest BCUT2D eigenvalue weighted by Gasteiger charge is 2.39. The predicted molar refractivity (Wildman–Crippen MR) is 91.1 cm³/mol. The molecule has 23 heavy (non-hydrogen) atoms. The minimum absolute atomic E-state index is 0.0503. The van der Waals surface area contributed by atoms with Gasteiger partial charge in [0.25, 0.3) is 0 Å². The second-order valence-corrected chi connectivity index (χ2v) is 6.36. The molecule has 1 aromatic heterocycles. The molecular weight excluding hydrogens is 308 g/mol. The van der Waals surface area contributed by atoms with Gasteiger partial charge in [0, 0.05) is 31.2 Å². The summed E-state index contributed by atoms with van der Waals surface area (Å²) >= 11 is 1.46. The lowest BCUT2D eigenvalue weighted by Crippen LogP contribution is -2.17. The summed E-state index contributed by atoms with van der Waals surface area (Å²) in [6, 6.07) is 9.88. The Hall–Kier alpha value is -2.52. The van der Waals surface area contributed by atoms with Crippen LogP contribution in [0, 0.1) is 12.3 Å². The molecule has 6 heteroatoms. The molecule has 0 saturated heterocycles. The maximum absolute atomic E-state index is 12.1. The minimum atomic E-state index is -0.410. The fourth-order valence-electron chi connectivity index (χ4n) is 2.23. The normalized spacial score (nSPS) is 14.2. The van der Waals surface area contributed by atoms with Gasteiger partial charge in [-0.05, 0) is 0 Å². The molecule has 1 aliphatic heterocycles. The first-order chi connectivity index (χ1) is 11.2. The molecule has 0 radical (unpaired) electrons. The first-order valence-corrected chi connectivity index (χ1v) is 8.21. The van der Waals surface area contributed by atoms with Crippen LogP contribution in [0.5, 0.6) is 0 Å². The third-order valence-electron chi connectivity index (χ3n) is 3.59. The number of hydrogen-bond acceptors (Lipinski definition) is 5. The van der Waals surface area contributed by atoms with Crippen LogP contribution in [0.15, 0.2) is 46.8 Å². The number of hydrogen-bond donors (Lipinski definition) is 1. The Kier molecular flexibility index (Phi) is 4.49. The number of terminal acetylenes is 1. The molecule has 0 aliphatic carbocycles. The lowest BCUT2D eigenvalue weighted by atomic mass is 10.0. The van der Waals surface area contributed by atoms with Gasteiger partial charge in [-0.25, -0.2) is 4.98 Å². The van der Waals surface area contributed by atoms with Crippen LogP contribution in [0.1, 0.15) is 25.7 Å². The third kappa shape index (κ3) is 4.02. The van der Waals surface area contributed by atoms with Gasteiger partial charge in [-0.1, -0.05) is 41.7 Å². The molecule has 116 valence electrons. The van der Waals surface area contributed by atoms with Gasteiger partial charge in [0.15, 0.2) is 5.66 Å². The van der Waals surface area contributed by atoms with Crippen LogP contribution >= 0.6 is 11.3 Å². The van der Waals surface area contributed by atoms with Crippen molar-refractivity contribution in [3.05, 3.63) is 36.5 Å². The number of thiazole rings is 1. The van der Waals surface area contributed by atoms with E-state index in [1.165, 1.54) is 11.3 Å². The summed E-state index contributed by atoms with van der Waals surface area (Å²) < 4.78 is 0. The zero-order valence-corrected chi connectivity index (χ0v) is 13.3. The van der Waals surface area contributed by atoms with Crippen molar-refractivity contribution in [1.82, 2.24) is 4.98 Å². The summed E-state index contributed by atoms with van der Waals surface area (Å²) in [6.45, 7) is 0. The lowest BCUT2D eigenvalue weighted by Gasteiger charge is -2.08. The first kappa shape index (κ1) is 15.4. The maximum atomic E-state index is 12.1. The van der Waals surface area contributed by atoms with Crippen LogP contribution in [0.3, 0.4) is 0 Å². The topological polar surface area (TPSA) is 66.7 Å². The number of carbonyl (C=O) groups is 1. The van der Waals surface area contributed by atoms with E-state index in [2.05, 4.69) is 26.4 Å². The van der Waals surface area contributed by atoms with Gasteiger partial charge in [-0.2, -0.15) is 10.2 Å². The van der Waals surface area contributed by atoms with Gasteiger partial charge in [0.1, 0.15) is 10.0 Å². The quantitative estimate of drug-likeness (QED) is 0.779. The fraction of sp³-hybridized carbons (Fsp3) is 0.294. The van der Waals surface area contributed by atoms with E-state index >= 15 is 0 Å². The van der Waals surface area contributed by atoms with E-state index in [1.807, 2.05) is 30.3 Å². The molecule has 0 spiro atoms. The molecule has 0 fully saturated rings. The monoisotopic (exact) mass is 324 g/mol. The fourth-order valence-corrected chi connectivity index (χ4v) is 3.07. The van der Waals surface area contributed by atoms with Crippen LogP contribution in [-0.4, -0.2) is 16.6 Å². The predicted octanol–water partition coefficient (Wildman–Crippen LogP) is 4.10. The molecule has 0 unspecified atom stereocenters. The molecular formula is C17H16N4OS. The van der Waals surface area contributed by atoms with Crippen molar-refractivity contribution in [1.29, 1.82) is 0 Å². The summed E-state index contributed by atoms with van der Waals surface area (Å²) in [5, 5.41) is 12.6. The molecule has 2 heterocycles. The number of carbonyl (C=O) groups excluding carboxylic acids is 1. The summed E-state index contributed by atoms with van der Waals surface area (Å²) in [7, 11) is 0. The van der Waals surface area contributed by atoms with E-state index in [0.717, 1.165) is 22.0 Å². The number of rotatable bonds is 7. The summed E-state index contributed by atoms with van der Waals surface area (Å²) in [4.78, 5) is 16.4. The largest absolute Gasteiger partial charge is 0.316 e. The van der Waals surface area contributed by atoms with Gasteiger partial charge in [0.05, 0.1) is 6.20 Å². The van der Waals surface area contributed by atoms with E-state index in [9.17, 15) is 4.79 Å². The highest BCUT2D eigenvalue weighted by atomic mass is 32.1. The number of benzene rings is 1. The SMILES string of the molecule is C#CCCC1(CCC(=O)Nc2cnc(-c3ccccc3)s2)N=N1. The number of aromatic nitrogens is 1. The zero-order chi connectivity index (χ0) is 16.1. The Morgan fingerprint density at radius 1 is 1.26 bits per heavy atom. The summed E-state index contributed by atoms with van der Waals surface area (Å²) in [5.74, 6) is 2.53. The Bertz CT molecular complexity index is 754. The van der Waals surface area contributed by atoms with Crippen LogP contribution in [0.2, 0.25) is 0 Å². The molecule has 1 aliphatic rings. The maximum Gasteiger partial charge on any atom is 0.225 e. The first-order valence-electron chi connectivity index (χ1n) is 7.39. The zero-order valence-electron chi connectivity index (χ0n) is 12.5. The van der Waals surface area contributed by atoms with E-state index in [4.69, 9.17) is 6.42 Å². The highest BCUT2D eigenvalue weighted by Crippen LogP contribution is 2.37. The van der Waals surface area contributed by atoms with Gasteiger partial charge < -0.3 is 5.32 Å². The van der Waals surface area contributed by atoms with Crippen molar-refractivity contribution in [2.45, 2.75) is 31.3 Å². The van der Waals surface area contributed by atoms with E-state index in [1.54, 1.807) is 6.20 Å². The second kappa shape index (κ2) is 6.71. The van der Waals surface area contributed by atoms with Gasteiger partial charge >= 0.3 is 0 Å². The van der Waals surface area contributed by atoms with Crippen LogP contribution in [0.4, 0.5) is 5.00 Å². The van der Waals surface area contributed by atoms with Crippen molar-refractivity contribution < 1.29 is 4.79 Å². The molecule has 2 aromatic rings. The minimum Gasteiger partial charge on any atom is -0.316 e. The number of nitrogens with zero attached hydrogens (tertiary/aromatic N) is 3. The van der Waals surface area contributed by atoms with Crippen molar-refractivity contribution >= 4 is 22.2 Å². The third-order valence-corrected chi connectivity index (χ3v) is 4.56. The number of anilines is 1. The van der Waals surface area contributed by atoms with Crippen molar-refractivity contribution in [3.8, 4) is 22.9 Å². The molecule has 5 nitrogen and oxygen atoms in total. The summed E-state index contributed by atoms with van der Waals surface area (Å²) in [5.41, 5.74) is 0.633. The Labute approximate surface area is 138 Å². The van der Waals surface area contributed by atoms with Crippen LogP contribution in [0.25, 0.3) is 10.6 Å². The molecule has 1 aromatic carbocycles. The second-order valence-electron chi connectivity index (χ2n) is 5.33. The molecule has 3 rings (SSSR count). The van der Waals surface area contributed by atoms with E-state index < -0.39 is 5.66 Å². The van der Waals surface area contributed by atoms with E-state index in [0.29, 0.717) is 19.3 Å². The smallest absolute Gasteiger partial charge is 0.225 e. The number of amides is 1. The average molecular weight is 324 g/mol. The van der Waals surface area contributed by atoms with Gasteiger partial charge in [-0.3, -0.25) is 4.79 Å². The van der Waals surface area contributed by atoms with Crippen molar-refractivity contribution in [3.63, 3.8) is 0 Å². The molecule has 0 atom stereocenters. The number of nitrogens with one attached hydrogen (secondary N) is 1. The Morgan fingerprint density at radius 3 is 2.74 bits per heavy atom. The lowest BCUT2D eigenvalue weighted by molar-refractivity contribution is -0.116. The van der Waals surface area contributed by atoms with Crippen LogP contribution in [-0.2, 0) is 4.79 Å². The standard InChI is InChI=1S/C17H16N4OS/c1-2-3-10-17(20-21-17)11-9-14(22)19-15-12-18-16(23-15)13-7-5-4-6-8-13/h1,4-8,12H,3,9-11H2,(H,19,22). The molecule has 0 bridgehead atoms. The molecule has 1 amide bonds. The van der Waals surface area contributed by atoms with Crippen molar-refractivity contribution in [2.75, 3.05) is 5.32 Å². The highest BCUT2D eigenvalue weighted by molar-refractivity contribution is 7.19. The molecule has 0 saturated carbocycles. The van der Waals surface area contributed by atoms with E-state index in [-0.39, 0.29) is 5.91 Å². The van der Waals surface area contributed by atoms with Gasteiger partial charge in [0.2, 0.25) is 5.91 Å². The van der Waals surface area contributed by atoms with Gasteiger partial charge in [-0.15, -0.1) is 12.3 Å². The average Bonchev–Trinajstić information content (AvgIpc) is 3.21. The Balaban J connectivity index is 1.51. The Morgan fingerprint density at radius 2 is 2.04 bits per heavy atom. The van der Waals surface area contributed by atoms with Crippen LogP contribution < -0.4 is 5.32 Å².